The van der Waals surface area contributed by atoms with Gasteiger partial charge in [-0.15, -0.1) is 0 Å². The highest BCUT2D eigenvalue weighted by molar-refractivity contribution is 5.72. The number of aliphatic hydroxyl groups is 1. The van der Waals surface area contributed by atoms with Crippen LogP contribution in [0, 0.1) is 0 Å². The predicted octanol–water partition coefficient (Wildman–Crippen LogP) is 0.927. The van der Waals surface area contributed by atoms with Crippen LogP contribution < -0.4 is 9.47 Å². The van der Waals surface area contributed by atoms with Gasteiger partial charge in [0.15, 0.2) is 11.5 Å². The number of carbonyl (C=O) groups excluding carboxylic acids is 1. The zero-order valence-electron chi connectivity index (χ0n) is 9.84. The second-order valence-electron chi connectivity index (χ2n) is 4.03. The Bertz CT molecular complexity index is 433. The molecule has 1 aromatic carbocycles. The molecule has 1 unspecified atom stereocenters. The van der Waals surface area contributed by atoms with Crippen molar-refractivity contribution in [3.05, 3.63) is 23.8 Å². The minimum Gasteiger partial charge on any atom is -0.454 e. The van der Waals surface area contributed by atoms with Gasteiger partial charge in [-0.1, -0.05) is 6.07 Å². The fraction of sp³-hybridized carbons (Fsp3) is 0.417. The van der Waals surface area contributed by atoms with Crippen molar-refractivity contribution in [2.75, 3.05) is 20.4 Å². The van der Waals surface area contributed by atoms with Crippen molar-refractivity contribution in [2.24, 2.45) is 0 Å². The number of aliphatic hydroxyl groups excluding tert-OH is 1. The molecule has 0 radical (unpaired) electrons. The molecule has 0 saturated carbocycles. The first-order valence-electron chi connectivity index (χ1n) is 5.37. The molecule has 0 saturated heterocycles. The highest BCUT2D eigenvalue weighted by Gasteiger charge is 2.18. The molecule has 1 aromatic rings. The molecular weight excluding hydrogens is 222 g/mol. The average molecular weight is 237 g/mol. The van der Waals surface area contributed by atoms with E-state index in [-0.39, 0.29) is 19.2 Å². The van der Waals surface area contributed by atoms with E-state index in [4.69, 9.17) is 9.47 Å². The van der Waals surface area contributed by atoms with Gasteiger partial charge in [-0.25, -0.2) is 0 Å². The maximum Gasteiger partial charge on any atom is 0.231 e. The van der Waals surface area contributed by atoms with Crippen molar-refractivity contribution in [3.8, 4) is 11.5 Å². The number of amides is 1. The summed E-state index contributed by atoms with van der Waals surface area (Å²) in [6.07, 6.45) is -0.724. The zero-order chi connectivity index (χ0) is 12.4. The molecule has 5 nitrogen and oxygen atoms in total. The molecule has 0 bridgehead atoms. The molecule has 0 aliphatic carbocycles. The summed E-state index contributed by atoms with van der Waals surface area (Å²) in [4.78, 5) is 12.5. The molecule has 1 N–H and O–H groups in total. The summed E-state index contributed by atoms with van der Waals surface area (Å²) in [6.45, 7) is 1.93. The SMILES string of the molecule is CC(=O)N(C)CC(O)c1ccc2c(c1)OCO2. The van der Waals surface area contributed by atoms with Gasteiger partial charge in [0.2, 0.25) is 12.7 Å². The van der Waals surface area contributed by atoms with Crippen LogP contribution in [0.3, 0.4) is 0 Å². The van der Waals surface area contributed by atoms with E-state index in [1.165, 1.54) is 11.8 Å². The van der Waals surface area contributed by atoms with Gasteiger partial charge in [0, 0.05) is 14.0 Å². The number of nitrogens with zero attached hydrogens (tertiary/aromatic N) is 1. The van der Waals surface area contributed by atoms with Crippen LogP contribution >= 0.6 is 0 Å². The minimum atomic E-state index is -0.724. The smallest absolute Gasteiger partial charge is 0.231 e. The van der Waals surface area contributed by atoms with Gasteiger partial charge in [0.25, 0.3) is 0 Å². The number of likely N-dealkylation sites (N-methyl/N-ethyl adjacent to an activating group) is 1. The van der Waals surface area contributed by atoms with Crippen molar-refractivity contribution in [3.63, 3.8) is 0 Å². The average Bonchev–Trinajstić information content (AvgIpc) is 2.75. The molecule has 1 aliphatic heterocycles. The number of hydrogen-bond donors (Lipinski definition) is 1. The van der Waals surface area contributed by atoms with E-state index in [2.05, 4.69) is 0 Å². The molecule has 0 fully saturated rings. The molecule has 1 heterocycles. The first kappa shape index (κ1) is 11.7. The number of carbonyl (C=O) groups is 1. The Morgan fingerprint density at radius 3 is 2.88 bits per heavy atom. The van der Waals surface area contributed by atoms with Crippen LogP contribution in [0.1, 0.15) is 18.6 Å². The van der Waals surface area contributed by atoms with Crippen molar-refractivity contribution >= 4 is 5.91 Å². The van der Waals surface area contributed by atoms with E-state index in [0.29, 0.717) is 17.1 Å². The molecule has 1 amide bonds. The Morgan fingerprint density at radius 1 is 1.47 bits per heavy atom. The van der Waals surface area contributed by atoms with Gasteiger partial charge in [-0.05, 0) is 17.7 Å². The van der Waals surface area contributed by atoms with Crippen molar-refractivity contribution in [1.29, 1.82) is 0 Å². The van der Waals surface area contributed by atoms with Crippen LogP contribution in [-0.4, -0.2) is 36.3 Å². The lowest BCUT2D eigenvalue weighted by Gasteiger charge is -2.19. The van der Waals surface area contributed by atoms with Gasteiger partial charge in [0.05, 0.1) is 12.6 Å². The van der Waals surface area contributed by atoms with E-state index in [0.717, 1.165) is 0 Å². The maximum absolute atomic E-state index is 11.1. The quantitative estimate of drug-likeness (QED) is 0.849. The number of rotatable bonds is 3. The van der Waals surface area contributed by atoms with Crippen molar-refractivity contribution < 1.29 is 19.4 Å². The number of fused-ring (bicyclic) bond motifs is 1. The Balaban J connectivity index is 2.09. The topological polar surface area (TPSA) is 59.0 Å². The van der Waals surface area contributed by atoms with Crippen LogP contribution in [-0.2, 0) is 4.79 Å². The summed E-state index contributed by atoms with van der Waals surface area (Å²) >= 11 is 0. The first-order valence-corrected chi connectivity index (χ1v) is 5.37. The summed E-state index contributed by atoms with van der Waals surface area (Å²) in [7, 11) is 1.65. The number of ether oxygens (including phenoxy) is 2. The van der Waals surface area contributed by atoms with Gasteiger partial charge in [-0.2, -0.15) is 0 Å². The van der Waals surface area contributed by atoms with E-state index in [1.54, 1.807) is 25.2 Å². The van der Waals surface area contributed by atoms with Gasteiger partial charge >= 0.3 is 0 Å². The van der Waals surface area contributed by atoms with Gasteiger partial charge in [-0.3, -0.25) is 4.79 Å². The van der Waals surface area contributed by atoms with E-state index in [1.807, 2.05) is 0 Å². The number of benzene rings is 1. The molecule has 92 valence electrons. The monoisotopic (exact) mass is 237 g/mol. The fourth-order valence-electron chi connectivity index (χ4n) is 1.61. The molecule has 1 aliphatic rings. The zero-order valence-corrected chi connectivity index (χ0v) is 9.84. The van der Waals surface area contributed by atoms with E-state index < -0.39 is 6.10 Å². The Hall–Kier alpha value is -1.75. The molecule has 17 heavy (non-hydrogen) atoms. The molecule has 1 atom stereocenters. The largest absolute Gasteiger partial charge is 0.454 e. The normalized spacial score (nSPS) is 14.5. The number of hydrogen-bond acceptors (Lipinski definition) is 4. The van der Waals surface area contributed by atoms with Crippen LogP contribution in [0.4, 0.5) is 0 Å². The fourth-order valence-corrected chi connectivity index (χ4v) is 1.61. The maximum atomic E-state index is 11.1. The van der Waals surface area contributed by atoms with E-state index in [9.17, 15) is 9.90 Å². The highest BCUT2D eigenvalue weighted by Crippen LogP contribution is 2.34. The summed E-state index contributed by atoms with van der Waals surface area (Å²) in [5, 5.41) is 9.98. The second-order valence-corrected chi connectivity index (χ2v) is 4.03. The second kappa shape index (κ2) is 4.63. The first-order chi connectivity index (χ1) is 8.08. The Kier molecular flexibility index (Phi) is 3.19. The Morgan fingerprint density at radius 2 is 2.18 bits per heavy atom. The minimum absolute atomic E-state index is 0.0789. The lowest BCUT2D eigenvalue weighted by Crippen LogP contribution is -2.28. The third-order valence-corrected chi connectivity index (χ3v) is 2.77. The highest BCUT2D eigenvalue weighted by atomic mass is 16.7. The molecular formula is C12H15NO4. The summed E-state index contributed by atoms with van der Waals surface area (Å²) in [5.41, 5.74) is 0.711. The summed E-state index contributed by atoms with van der Waals surface area (Å²) in [5.74, 6) is 1.23. The standard InChI is InChI=1S/C12H15NO4/c1-8(14)13(2)6-10(15)9-3-4-11-12(5-9)17-7-16-11/h3-5,10,15H,6-7H2,1-2H3. The van der Waals surface area contributed by atoms with Crippen LogP contribution in [0.5, 0.6) is 11.5 Å². The third kappa shape index (κ3) is 2.50. The molecule has 0 aromatic heterocycles. The van der Waals surface area contributed by atoms with Crippen LogP contribution in [0.2, 0.25) is 0 Å². The van der Waals surface area contributed by atoms with Crippen LogP contribution in [0.25, 0.3) is 0 Å². The molecule has 2 rings (SSSR count). The molecule has 5 heteroatoms. The third-order valence-electron chi connectivity index (χ3n) is 2.77. The lowest BCUT2D eigenvalue weighted by atomic mass is 10.1. The van der Waals surface area contributed by atoms with Gasteiger partial charge < -0.3 is 19.5 Å². The lowest BCUT2D eigenvalue weighted by molar-refractivity contribution is -0.128. The summed E-state index contributed by atoms with van der Waals surface area (Å²) < 4.78 is 10.4. The summed E-state index contributed by atoms with van der Waals surface area (Å²) in [6, 6.07) is 5.27. The Labute approximate surface area is 99.6 Å². The molecule has 0 spiro atoms. The van der Waals surface area contributed by atoms with Crippen LogP contribution in [0.15, 0.2) is 18.2 Å². The van der Waals surface area contributed by atoms with Crippen molar-refractivity contribution in [1.82, 2.24) is 4.90 Å². The predicted molar refractivity (Wildman–Crippen MR) is 60.8 cm³/mol. The van der Waals surface area contributed by atoms with Gasteiger partial charge in [0.1, 0.15) is 0 Å². The van der Waals surface area contributed by atoms with E-state index >= 15 is 0 Å². The van der Waals surface area contributed by atoms with Crippen molar-refractivity contribution in [2.45, 2.75) is 13.0 Å².